The highest BCUT2D eigenvalue weighted by Crippen LogP contribution is 2.23. The Morgan fingerprint density at radius 1 is 1.42 bits per heavy atom. The summed E-state index contributed by atoms with van der Waals surface area (Å²) in [5.41, 5.74) is 0.979. The number of nitrogens with zero attached hydrogens (tertiary/aromatic N) is 1. The SMILES string of the molecule is Cc1cc(NC(=O)[C@H]2CCN(S(=O)(=O)CC(C)C)C2)ccc1F.S. The first-order valence-corrected chi connectivity index (χ1v) is 9.35. The minimum atomic E-state index is -3.31. The van der Waals surface area contributed by atoms with Gasteiger partial charge in [0.25, 0.3) is 0 Å². The standard InChI is InChI=1S/C16H23FN2O3S.H2S/c1-11(2)10-23(21,22)19-7-6-13(9-19)16(20)18-14-4-5-15(17)12(3)8-14;/h4-5,8,11,13H,6-7,9-10H2,1-3H3,(H,18,20);1H2/t13-;/m0./s1. The van der Waals surface area contributed by atoms with Gasteiger partial charge in [0.15, 0.2) is 0 Å². The molecule has 1 heterocycles. The second-order valence-electron chi connectivity index (χ2n) is 6.47. The lowest BCUT2D eigenvalue weighted by Gasteiger charge is -2.18. The highest BCUT2D eigenvalue weighted by Gasteiger charge is 2.35. The Morgan fingerprint density at radius 3 is 2.67 bits per heavy atom. The number of sulfonamides is 1. The van der Waals surface area contributed by atoms with Gasteiger partial charge in [0.05, 0.1) is 11.7 Å². The van der Waals surface area contributed by atoms with E-state index in [0.717, 1.165) is 0 Å². The molecule has 1 fully saturated rings. The molecule has 5 nitrogen and oxygen atoms in total. The van der Waals surface area contributed by atoms with E-state index in [1.807, 2.05) is 13.8 Å². The first kappa shape index (κ1) is 20.9. The third-order valence-corrected chi connectivity index (χ3v) is 6.09. The van der Waals surface area contributed by atoms with Gasteiger partial charge >= 0.3 is 0 Å². The molecule has 136 valence electrons. The second-order valence-corrected chi connectivity index (χ2v) is 8.48. The zero-order chi connectivity index (χ0) is 17.2. The molecule has 0 radical (unpaired) electrons. The molecule has 1 aliphatic rings. The van der Waals surface area contributed by atoms with E-state index < -0.39 is 10.0 Å². The summed E-state index contributed by atoms with van der Waals surface area (Å²) < 4.78 is 39.0. The molecule has 1 aromatic carbocycles. The predicted octanol–water partition coefficient (Wildman–Crippen LogP) is 2.49. The van der Waals surface area contributed by atoms with E-state index in [9.17, 15) is 17.6 Å². The highest BCUT2D eigenvalue weighted by molar-refractivity contribution is 7.89. The Bertz CT molecular complexity index is 693. The number of amides is 1. The fraction of sp³-hybridized carbons (Fsp3) is 0.562. The summed E-state index contributed by atoms with van der Waals surface area (Å²) in [7, 11) is -3.31. The van der Waals surface area contributed by atoms with Crippen LogP contribution in [0.3, 0.4) is 0 Å². The van der Waals surface area contributed by atoms with Crippen LogP contribution in [-0.4, -0.2) is 37.5 Å². The summed E-state index contributed by atoms with van der Waals surface area (Å²) in [6.45, 7) is 5.92. The maximum absolute atomic E-state index is 13.2. The lowest BCUT2D eigenvalue weighted by molar-refractivity contribution is -0.119. The first-order valence-electron chi connectivity index (χ1n) is 7.74. The Morgan fingerprint density at radius 2 is 2.08 bits per heavy atom. The molecule has 8 heteroatoms. The molecule has 1 aromatic rings. The minimum absolute atomic E-state index is 0. The Balaban J connectivity index is 0.00000288. The molecular formula is C16H25FN2O3S2. The summed E-state index contributed by atoms with van der Waals surface area (Å²) >= 11 is 0. The van der Waals surface area contributed by atoms with Crippen molar-refractivity contribution in [2.24, 2.45) is 11.8 Å². The molecule has 0 saturated carbocycles. The van der Waals surface area contributed by atoms with E-state index >= 15 is 0 Å². The number of benzene rings is 1. The number of hydrogen-bond donors (Lipinski definition) is 1. The van der Waals surface area contributed by atoms with Crippen LogP contribution in [0.1, 0.15) is 25.8 Å². The molecule has 0 spiro atoms. The van der Waals surface area contributed by atoms with Crippen molar-refractivity contribution >= 4 is 35.1 Å². The van der Waals surface area contributed by atoms with E-state index in [1.165, 1.54) is 16.4 Å². The smallest absolute Gasteiger partial charge is 0.228 e. The van der Waals surface area contributed by atoms with Crippen molar-refractivity contribution in [2.45, 2.75) is 27.2 Å². The topological polar surface area (TPSA) is 66.5 Å². The number of hydrogen-bond acceptors (Lipinski definition) is 3. The summed E-state index contributed by atoms with van der Waals surface area (Å²) in [5.74, 6) is -0.774. The van der Waals surface area contributed by atoms with Gasteiger partial charge in [-0.05, 0) is 43.0 Å². The minimum Gasteiger partial charge on any atom is -0.326 e. The average Bonchev–Trinajstić information content (AvgIpc) is 2.92. The third-order valence-electron chi connectivity index (χ3n) is 3.88. The normalized spacial score (nSPS) is 18.5. The van der Waals surface area contributed by atoms with Gasteiger partial charge in [0, 0.05) is 18.8 Å². The summed E-state index contributed by atoms with van der Waals surface area (Å²) in [6.07, 6.45) is 0.503. The van der Waals surface area contributed by atoms with Crippen molar-refractivity contribution in [3.63, 3.8) is 0 Å². The zero-order valence-corrected chi connectivity index (χ0v) is 16.0. The summed E-state index contributed by atoms with van der Waals surface area (Å²) in [4.78, 5) is 12.3. The van der Waals surface area contributed by atoms with Gasteiger partial charge in [-0.1, -0.05) is 13.8 Å². The van der Waals surface area contributed by atoms with Crippen molar-refractivity contribution in [1.82, 2.24) is 4.31 Å². The Labute approximate surface area is 150 Å². The number of anilines is 1. The van der Waals surface area contributed by atoms with Gasteiger partial charge < -0.3 is 5.32 Å². The van der Waals surface area contributed by atoms with Crippen LogP contribution in [0.4, 0.5) is 10.1 Å². The van der Waals surface area contributed by atoms with Crippen LogP contribution in [0.2, 0.25) is 0 Å². The summed E-state index contributed by atoms with van der Waals surface area (Å²) in [6, 6.07) is 4.37. The van der Waals surface area contributed by atoms with Crippen molar-refractivity contribution < 1.29 is 17.6 Å². The van der Waals surface area contributed by atoms with Gasteiger partial charge in [0.1, 0.15) is 5.82 Å². The molecule has 1 amide bonds. The maximum Gasteiger partial charge on any atom is 0.228 e. The fourth-order valence-electron chi connectivity index (χ4n) is 2.69. The zero-order valence-electron chi connectivity index (χ0n) is 14.2. The van der Waals surface area contributed by atoms with Crippen LogP contribution >= 0.6 is 13.5 Å². The Hall–Kier alpha value is -1.12. The fourth-order valence-corrected chi connectivity index (χ4v) is 4.53. The second kappa shape index (κ2) is 8.31. The number of nitrogens with one attached hydrogen (secondary N) is 1. The van der Waals surface area contributed by atoms with E-state index in [0.29, 0.717) is 24.2 Å². The molecular weight excluding hydrogens is 351 g/mol. The van der Waals surface area contributed by atoms with Gasteiger partial charge in [-0.25, -0.2) is 17.1 Å². The number of carbonyl (C=O) groups excluding carboxylic acids is 1. The van der Waals surface area contributed by atoms with Gasteiger partial charge in [-0.3, -0.25) is 4.79 Å². The molecule has 0 bridgehead atoms. The van der Waals surface area contributed by atoms with Crippen LogP contribution in [0, 0.1) is 24.6 Å². The van der Waals surface area contributed by atoms with Crippen LogP contribution in [0.5, 0.6) is 0 Å². The molecule has 0 aromatic heterocycles. The largest absolute Gasteiger partial charge is 0.326 e. The van der Waals surface area contributed by atoms with E-state index in [1.54, 1.807) is 13.0 Å². The molecule has 0 aliphatic carbocycles. The monoisotopic (exact) mass is 376 g/mol. The van der Waals surface area contributed by atoms with Crippen LogP contribution in [0.25, 0.3) is 0 Å². The van der Waals surface area contributed by atoms with E-state index in [2.05, 4.69) is 5.32 Å². The number of halogens is 1. The van der Waals surface area contributed by atoms with Crippen LogP contribution in [0.15, 0.2) is 18.2 Å². The molecule has 0 unspecified atom stereocenters. The first-order chi connectivity index (χ1) is 10.7. The van der Waals surface area contributed by atoms with E-state index in [-0.39, 0.29) is 49.4 Å². The lowest BCUT2D eigenvalue weighted by atomic mass is 10.1. The van der Waals surface area contributed by atoms with Crippen LogP contribution < -0.4 is 5.32 Å². The molecule has 1 N–H and O–H groups in total. The Kier molecular flexibility index (Phi) is 7.25. The molecule has 24 heavy (non-hydrogen) atoms. The lowest BCUT2D eigenvalue weighted by Crippen LogP contribution is -2.34. The quantitative estimate of drug-likeness (QED) is 0.859. The number of rotatable bonds is 5. The molecule has 2 rings (SSSR count). The maximum atomic E-state index is 13.2. The van der Waals surface area contributed by atoms with Gasteiger partial charge in [-0.2, -0.15) is 13.5 Å². The summed E-state index contributed by atoms with van der Waals surface area (Å²) in [5, 5.41) is 2.74. The molecule has 1 saturated heterocycles. The highest BCUT2D eigenvalue weighted by atomic mass is 32.2. The van der Waals surface area contributed by atoms with Gasteiger partial charge in [-0.15, -0.1) is 0 Å². The third kappa shape index (κ3) is 5.19. The average molecular weight is 377 g/mol. The molecule has 1 atom stereocenters. The van der Waals surface area contributed by atoms with Gasteiger partial charge in [0.2, 0.25) is 15.9 Å². The predicted molar refractivity (Wildman–Crippen MR) is 98.5 cm³/mol. The molecule has 1 aliphatic heterocycles. The van der Waals surface area contributed by atoms with Crippen molar-refractivity contribution in [1.29, 1.82) is 0 Å². The van der Waals surface area contributed by atoms with E-state index in [4.69, 9.17) is 0 Å². The van der Waals surface area contributed by atoms with Crippen LogP contribution in [-0.2, 0) is 14.8 Å². The van der Waals surface area contributed by atoms with Crippen molar-refractivity contribution in [2.75, 3.05) is 24.2 Å². The number of carbonyl (C=O) groups is 1. The van der Waals surface area contributed by atoms with Crippen molar-refractivity contribution in [3.05, 3.63) is 29.6 Å². The van der Waals surface area contributed by atoms with Crippen molar-refractivity contribution in [3.8, 4) is 0 Å². The number of aryl methyl sites for hydroxylation is 1.